The van der Waals surface area contributed by atoms with Gasteiger partial charge in [0.05, 0.1) is 19.3 Å². The number of amides is 1. The molecule has 0 atom stereocenters. The smallest absolute Gasteiger partial charge is 0.259 e. The summed E-state index contributed by atoms with van der Waals surface area (Å²) < 4.78 is 12.4. The van der Waals surface area contributed by atoms with Crippen molar-refractivity contribution in [3.63, 3.8) is 0 Å². The monoisotopic (exact) mass is 308 g/mol. The van der Waals surface area contributed by atoms with Gasteiger partial charge >= 0.3 is 0 Å². The van der Waals surface area contributed by atoms with Gasteiger partial charge in [-0.1, -0.05) is 0 Å². The lowest BCUT2D eigenvalue weighted by molar-refractivity contribution is -0.0123. The topological polar surface area (TPSA) is 60.8 Å². The van der Waals surface area contributed by atoms with Gasteiger partial charge in [0.25, 0.3) is 5.91 Å². The number of hydrogen-bond acceptors (Lipinski definition) is 4. The molecule has 2 heterocycles. The molecular formula is C16H24N2O4. The van der Waals surface area contributed by atoms with E-state index >= 15 is 0 Å². The van der Waals surface area contributed by atoms with E-state index in [0.717, 1.165) is 18.5 Å². The lowest BCUT2D eigenvalue weighted by Crippen LogP contribution is -2.42. The van der Waals surface area contributed by atoms with E-state index in [2.05, 4.69) is 0 Å². The molecule has 22 heavy (non-hydrogen) atoms. The first-order valence-electron chi connectivity index (χ1n) is 7.60. The van der Waals surface area contributed by atoms with Gasteiger partial charge in [-0.05, 0) is 19.8 Å². The van der Waals surface area contributed by atoms with Crippen molar-refractivity contribution in [1.29, 1.82) is 0 Å². The van der Waals surface area contributed by atoms with Crippen molar-refractivity contribution in [2.24, 2.45) is 7.05 Å². The fraction of sp³-hybridized carbons (Fsp3) is 0.625. The summed E-state index contributed by atoms with van der Waals surface area (Å²) in [6, 6.07) is 1.51. The number of ether oxygens (including phenoxy) is 2. The van der Waals surface area contributed by atoms with Gasteiger partial charge in [-0.25, -0.2) is 0 Å². The summed E-state index contributed by atoms with van der Waals surface area (Å²) in [5.74, 6) is -0.184. The van der Waals surface area contributed by atoms with E-state index in [9.17, 15) is 9.59 Å². The maximum absolute atomic E-state index is 12.5. The average Bonchev–Trinajstić information content (AvgIpc) is 2.51. The first-order chi connectivity index (χ1) is 10.5. The van der Waals surface area contributed by atoms with Crippen molar-refractivity contribution in [2.75, 3.05) is 33.4 Å². The summed E-state index contributed by atoms with van der Waals surface area (Å²) >= 11 is 0. The highest BCUT2D eigenvalue weighted by Gasteiger charge is 2.25. The summed E-state index contributed by atoms with van der Waals surface area (Å²) in [4.78, 5) is 26.3. The number of nitrogens with zero attached hydrogens (tertiary/aromatic N) is 2. The molecule has 1 aromatic heterocycles. The van der Waals surface area contributed by atoms with Gasteiger partial charge in [-0.15, -0.1) is 0 Å². The fourth-order valence-corrected chi connectivity index (χ4v) is 2.58. The molecule has 1 amide bonds. The van der Waals surface area contributed by atoms with Crippen LogP contribution in [0, 0.1) is 6.92 Å². The molecule has 0 N–H and O–H groups in total. The van der Waals surface area contributed by atoms with Crippen LogP contribution in [-0.2, 0) is 16.5 Å². The minimum absolute atomic E-state index is 0.167. The minimum Gasteiger partial charge on any atom is -0.382 e. The summed E-state index contributed by atoms with van der Waals surface area (Å²) in [6.45, 7) is 4.24. The second-order valence-electron chi connectivity index (χ2n) is 5.66. The second kappa shape index (κ2) is 7.56. The normalized spacial score (nSPS) is 16.0. The second-order valence-corrected chi connectivity index (χ2v) is 5.66. The number of likely N-dealkylation sites (tertiary alicyclic amines) is 1. The van der Waals surface area contributed by atoms with Gasteiger partial charge in [0.2, 0.25) is 0 Å². The molecule has 122 valence electrons. The molecule has 0 spiro atoms. The Kier molecular flexibility index (Phi) is 5.74. The molecule has 0 bridgehead atoms. The number of piperidine rings is 1. The summed E-state index contributed by atoms with van der Waals surface area (Å²) in [6.07, 6.45) is 3.38. The molecule has 1 aromatic rings. The van der Waals surface area contributed by atoms with Crippen molar-refractivity contribution >= 4 is 5.91 Å². The third kappa shape index (κ3) is 3.96. The molecule has 1 fully saturated rings. The van der Waals surface area contributed by atoms with Gasteiger partial charge in [0.15, 0.2) is 5.43 Å². The van der Waals surface area contributed by atoms with Gasteiger partial charge < -0.3 is 18.9 Å². The van der Waals surface area contributed by atoms with Crippen LogP contribution in [0.15, 0.2) is 17.1 Å². The van der Waals surface area contributed by atoms with Crippen LogP contribution in [0.3, 0.4) is 0 Å². The third-order valence-electron chi connectivity index (χ3n) is 4.09. The number of pyridine rings is 1. The summed E-state index contributed by atoms with van der Waals surface area (Å²) in [7, 11) is 3.48. The van der Waals surface area contributed by atoms with E-state index in [1.54, 1.807) is 22.8 Å². The molecule has 1 saturated heterocycles. The number of aromatic nitrogens is 1. The van der Waals surface area contributed by atoms with E-state index in [-0.39, 0.29) is 23.0 Å². The highest BCUT2D eigenvalue weighted by atomic mass is 16.5. The first-order valence-corrected chi connectivity index (χ1v) is 7.60. The lowest BCUT2D eigenvalue weighted by Gasteiger charge is -2.32. The van der Waals surface area contributed by atoms with Crippen molar-refractivity contribution in [3.8, 4) is 0 Å². The number of hydrogen-bond donors (Lipinski definition) is 0. The lowest BCUT2D eigenvalue weighted by atomic mass is 10.1. The molecule has 1 aliphatic heterocycles. The van der Waals surface area contributed by atoms with Crippen LogP contribution < -0.4 is 5.43 Å². The zero-order chi connectivity index (χ0) is 16.1. The fourth-order valence-electron chi connectivity index (χ4n) is 2.58. The van der Waals surface area contributed by atoms with Gasteiger partial charge in [-0.2, -0.15) is 0 Å². The van der Waals surface area contributed by atoms with Crippen molar-refractivity contribution in [1.82, 2.24) is 9.47 Å². The van der Waals surface area contributed by atoms with Crippen LogP contribution >= 0.6 is 0 Å². The molecule has 0 aromatic carbocycles. The SMILES string of the molecule is COCCOC1CCN(C(=O)c2cn(C)c(C)cc2=O)CC1. The summed E-state index contributed by atoms with van der Waals surface area (Å²) in [5, 5.41) is 0. The quantitative estimate of drug-likeness (QED) is 0.760. The predicted octanol–water partition coefficient (Wildman–Crippen LogP) is 0.961. The van der Waals surface area contributed by atoms with E-state index in [1.165, 1.54) is 6.07 Å². The molecule has 2 rings (SSSR count). The Bertz CT molecular complexity index is 574. The number of aryl methyl sites for hydroxylation is 2. The minimum atomic E-state index is -0.209. The van der Waals surface area contributed by atoms with Crippen molar-refractivity contribution in [2.45, 2.75) is 25.9 Å². The number of carbonyl (C=O) groups is 1. The number of carbonyl (C=O) groups excluding carboxylic acids is 1. The molecule has 1 aliphatic rings. The maximum Gasteiger partial charge on any atom is 0.259 e. The molecule has 0 saturated carbocycles. The molecule has 0 radical (unpaired) electrons. The van der Waals surface area contributed by atoms with E-state index < -0.39 is 0 Å². The summed E-state index contributed by atoms with van der Waals surface area (Å²) in [5.41, 5.74) is 0.873. The maximum atomic E-state index is 12.5. The molecule has 0 aliphatic carbocycles. The number of rotatable bonds is 5. The van der Waals surface area contributed by atoms with Gasteiger partial charge in [0, 0.05) is 45.2 Å². The van der Waals surface area contributed by atoms with Crippen LogP contribution in [-0.4, -0.2) is 54.9 Å². The Morgan fingerprint density at radius 2 is 2.00 bits per heavy atom. The largest absolute Gasteiger partial charge is 0.382 e. The van der Waals surface area contributed by atoms with Crippen LogP contribution in [0.4, 0.5) is 0 Å². The highest BCUT2D eigenvalue weighted by molar-refractivity contribution is 5.93. The van der Waals surface area contributed by atoms with Crippen LogP contribution in [0.25, 0.3) is 0 Å². The molecule has 6 heteroatoms. The average molecular weight is 308 g/mol. The zero-order valence-electron chi connectivity index (χ0n) is 13.5. The Morgan fingerprint density at radius 1 is 1.32 bits per heavy atom. The molecule has 6 nitrogen and oxygen atoms in total. The first kappa shape index (κ1) is 16.7. The standard InChI is InChI=1S/C16H24N2O4/c1-12-10-15(19)14(11-17(12)2)16(20)18-6-4-13(5-7-18)22-9-8-21-3/h10-11,13H,4-9H2,1-3H3. The Balaban J connectivity index is 1.95. The Morgan fingerprint density at radius 3 is 2.64 bits per heavy atom. The predicted molar refractivity (Wildman–Crippen MR) is 83.2 cm³/mol. The third-order valence-corrected chi connectivity index (χ3v) is 4.09. The van der Waals surface area contributed by atoms with Crippen molar-refractivity contribution in [3.05, 3.63) is 33.7 Å². The molecular weight excluding hydrogens is 284 g/mol. The van der Waals surface area contributed by atoms with Crippen LogP contribution in [0.5, 0.6) is 0 Å². The van der Waals surface area contributed by atoms with Gasteiger partial charge in [0.1, 0.15) is 5.56 Å². The van der Waals surface area contributed by atoms with E-state index in [0.29, 0.717) is 26.3 Å². The molecule has 0 unspecified atom stereocenters. The zero-order valence-corrected chi connectivity index (χ0v) is 13.5. The van der Waals surface area contributed by atoms with Crippen LogP contribution in [0.1, 0.15) is 28.9 Å². The van der Waals surface area contributed by atoms with E-state index in [1.807, 2.05) is 14.0 Å². The Hall–Kier alpha value is -1.66. The van der Waals surface area contributed by atoms with Crippen molar-refractivity contribution < 1.29 is 14.3 Å². The van der Waals surface area contributed by atoms with E-state index in [4.69, 9.17) is 9.47 Å². The van der Waals surface area contributed by atoms with Gasteiger partial charge in [-0.3, -0.25) is 9.59 Å². The Labute approximate surface area is 130 Å². The van der Waals surface area contributed by atoms with Crippen LogP contribution in [0.2, 0.25) is 0 Å². The highest BCUT2D eigenvalue weighted by Crippen LogP contribution is 2.15. The number of methoxy groups -OCH3 is 1.